The van der Waals surface area contributed by atoms with Crippen LogP contribution in [0.1, 0.15) is 20.8 Å². The molecule has 0 amide bonds. The van der Waals surface area contributed by atoms with Crippen LogP contribution in [0.2, 0.25) is 0 Å². The van der Waals surface area contributed by atoms with Crippen LogP contribution in [-0.2, 0) is 0 Å². The maximum absolute atomic E-state index is 9.33. The SMILES string of the molecule is CC(C(O)CN)C(C)(C)I. The molecule has 0 heterocycles. The van der Waals surface area contributed by atoms with E-state index in [1.807, 2.05) is 6.92 Å². The van der Waals surface area contributed by atoms with Crippen molar-refractivity contribution >= 4 is 22.6 Å². The molecule has 0 saturated heterocycles. The molecule has 62 valence electrons. The van der Waals surface area contributed by atoms with Gasteiger partial charge >= 0.3 is 0 Å². The van der Waals surface area contributed by atoms with E-state index in [-0.39, 0.29) is 15.4 Å². The Morgan fingerprint density at radius 1 is 1.60 bits per heavy atom. The third-order valence-corrected chi connectivity index (χ3v) is 2.88. The van der Waals surface area contributed by atoms with E-state index in [0.29, 0.717) is 6.54 Å². The molecule has 0 aliphatic heterocycles. The molecule has 3 N–H and O–H groups in total. The van der Waals surface area contributed by atoms with E-state index < -0.39 is 0 Å². The van der Waals surface area contributed by atoms with Crippen LogP contribution < -0.4 is 5.73 Å². The molecule has 0 rings (SSSR count). The minimum Gasteiger partial charge on any atom is -0.391 e. The monoisotopic (exact) mass is 257 g/mol. The number of halogens is 1. The fourth-order valence-electron chi connectivity index (χ4n) is 0.662. The number of hydrogen-bond donors (Lipinski definition) is 2. The molecule has 2 nitrogen and oxygen atoms in total. The van der Waals surface area contributed by atoms with E-state index in [0.717, 1.165) is 0 Å². The predicted octanol–water partition coefficient (Wildman–Crippen LogP) is 1.16. The molecule has 10 heavy (non-hydrogen) atoms. The smallest absolute Gasteiger partial charge is 0.0700 e. The first-order valence-electron chi connectivity index (χ1n) is 3.46. The number of rotatable bonds is 3. The van der Waals surface area contributed by atoms with Crippen molar-refractivity contribution in [3.05, 3.63) is 0 Å². The quantitative estimate of drug-likeness (QED) is 0.588. The average molecular weight is 257 g/mol. The summed E-state index contributed by atoms with van der Waals surface area (Å²) >= 11 is 2.33. The van der Waals surface area contributed by atoms with E-state index in [9.17, 15) is 5.11 Å². The molecule has 0 aromatic carbocycles. The van der Waals surface area contributed by atoms with Gasteiger partial charge in [-0.25, -0.2) is 0 Å². The maximum atomic E-state index is 9.33. The summed E-state index contributed by atoms with van der Waals surface area (Å²) < 4.78 is 0.122. The van der Waals surface area contributed by atoms with Crippen molar-refractivity contribution < 1.29 is 5.11 Å². The second-order valence-electron chi connectivity index (χ2n) is 3.16. The van der Waals surface area contributed by atoms with Crippen LogP contribution >= 0.6 is 22.6 Å². The predicted molar refractivity (Wildman–Crippen MR) is 52.3 cm³/mol. The third-order valence-electron chi connectivity index (χ3n) is 1.90. The Hall–Kier alpha value is 0.650. The lowest BCUT2D eigenvalue weighted by Gasteiger charge is -2.28. The molecule has 0 aliphatic carbocycles. The highest BCUT2D eigenvalue weighted by atomic mass is 127. The molecule has 0 bridgehead atoms. The Bertz CT molecular complexity index is 100. The Morgan fingerprint density at radius 2 is 2.00 bits per heavy atom. The number of aliphatic hydroxyl groups excluding tert-OH is 1. The third kappa shape index (κ3) is 3.16. The fraction of sp³-hybridized carbons (Fsp3) is 1.00. The second-order valence-corrected chi connectivity index (χ2v) is 5.94. The van der Waals surface area contributed by atoms with Crippen molar-refractivity contribution in [1.29, 1.82) is 0 Å². The minimum atomic E-state index is -0.369. The Morgan fingerprint density at radius 3 is 2.10 bits per heavy atom. The van der Waals surface area contributed by atoms with Gasteiger partial charge in [0.15, 0.2) is 0 Å². The number of aliphatic hydroxyl groups is 1. The minimum absolute atomic E-state index is 0.122. The number of alkyl halides is 1. The van der Waals surface area contributed by atoms with Gasteiger partial charge in [0.1, 0.15) is 0 Å². The maximum Gasteiger partial charge on any atom is 0.0700 e. The van der Waals surface area contributed by atoms with E-state index in [1.54, 1.807) is 0 Å². The van der Waals surface area contributed by atoms with Crippen molar-refractivity contribution in [1.82, 2.24) is 0 Å². The van der Waals surface area contributed by atoms with Gasteiger partial charge in [-0.2, -0.15) is 0 Å². The zero-order chi connectivity index (χ0) is 8.36. The van der Waals surface area contributed by atoms with Gasteiger partial charge < -0.3 is 10.8 Å². The summed E-state index contributed by atoms with van der Waals surface area (Å²) in [7, 11) is 0. The summed E-state index contributed by atoms with van der Waals surface area (Å²) in [6.07, 6.45) is -0.369. The highest BCUT2D eigenvalue weighted by Gasteiger charge is 2.27. The number of hydrogen-bond acceptors (Lipinski definition) is 2. The van der Waals surface area contributed by atoms with Crippen molar-refractivity contribution in [2.24, 2.45) is 11.7 Å². The Labute approximate surface area is 76.3 Å². The van der Waals surface area contributed by atoms with Gasteiger partial charge in [-0.15, -0.1) is 0 Å². The molecular weight excluding hydrogens is 241 g/mol. The van der Waals surface area contributed by atoms with E-state index in [2.05, 4.69) is 36.4 Å². The summed E-state index contributed by atoms with van der Waals surface area (Å²) in [5, 5.41) is 9.33. The van der Waals surface area contributed by atoms with Crippen LogP contribution in [0.25, 0.3) is 0 Å². The van der Waals surface area contributed by atoms with Crippen LogP contribution in [0.15, 0.2) is 0 Å². The van der Waals surface area contributed by atoms with Gasteiger partial charge in [-0.05, 0) is 5.92 Å². The zero-order valence-corrected chi connectivity index (χ0v) is 8.92. The summed E-state index contributed by atoms with van der Waals surface area (Å²) in [5.41, 5.74) is 5.32. The normalized spacial score (nSPS) is 18.6. The first-order valence-corrected chi connectivity index (χ1v) is 4.54. The molecule has 2 unspecified atom stereocenters. The van der Waals surface area contributed by atoms with Crippen LogP contribution in [0.3, 0.4) is 0 Å². The average Bonchev–Trinajstić information content (AvgIpc) is 1.83. The molecule has 0 saturated carbocycles. The summed E-state index contributed by atoms with van der Waals surface area (Å²) in [4.78, 5) is 0. The molecule has 0 radical (unpaired) electrons. The van der Waals surface area contributed by atoms with Gasteiger partial charge in [0.25, 0.3) is 0 Å². The molecular formula is C7H16INO. The highest BCUT2D eigenvalue weighted by molar-refractivity contribution is 14.1. The lowest BCUT2D eigenvalue weighted by molar-refractivity contribution is 0.112. The van der Waals surface area contributed by atoms with Gasteiger partial charge in [0.2, 0.25) is 0 Å². The van der Waals surface area contributed by atoms with Crippen LogP contribution in [-0.4, -0.2) is 21.2 Å². The standard InChI is InChI=1S/C7H16INO/c1-5(6(10)4-9)7(2,3)8/h5-6,10H,4,9H2,1-3H3. The first-order chi connectivity index (χ1) is 4.39. The van der Waals surface area contributed by atoms with E-state index in [1.165, 1.54) is 0 Å². The zero-order valence-electron chi connectivity index (χ0n) is 6.76. The fourth-order valence-corrected chi connectivity index (χ4v) is 1.08. The second kappa shape index (κ2) is 3.88. The molecule has 2 atom stereocenters. The van der Waals surface area contributed by atoms with Crippen LogP contribution in [0, 0.1) is 5.92 Å². The van der Waals surface area contributed by atoms with Gasteiger partial charge in [0.05, 0.1) is 6.10 Å². The highest BCUT2D eigenvalue weighted by Crippen LogP contribution is 2.28. The van der Waals surface area contributed by atoms with Crippen molar-refractivity contribution in [2.45, 2.75) is 30.3 Å². The lowest BCUT2D eigenvalue weighted by atomic mass is 9.92. The van der Waals surface area contributed by atoms with Crippen molar-refractivity contribution in [2.75, 3.05) is 6.54 Å². The van der Waals surface area contributed by atoms with Gasteiger partial charge in [0, 0.05) is 9.97 Å². The molecule has 0 spiro atoms. The molecule has 0 aromatic rings. The van der Waals surface area contributed by atoms with Crippen molar-refractivity contribution in [3.8, 4) is 0 Å². The summed E-state index contributed by atoms with van der Waals surface area (Å²) in [5.74, 6) is 0.248. The van der Waals surface area contributed by atoms with Crippen LogP contribution in [0.4, 0.5) is 0 Å². The Kier molecular flexibility index (Phi) is 4.13. The van der Waals surface area contributed by atoms with Gasteiger partial charge in [-0.1, -0.05) is 43.4 Å². The molecule has 3 heteroatoms. The topological polar surface area (TPSA) is 46.2 Å². The Balaban J connectivity index is 3.94. The van der Waals surface area contributed by atoms with Crippen LogP contribution in [0.5, 0.6) is 0 Å². The molecule has 0 aromatic heterocycles. The first kappa shape index (κ1) is 10.7. The summed E-state index contributed by atoms with van der Waals surface area (Å²) in [6, 6.07) is 0. The molecule has 0 fully saturated rings. The van der Waals surface area contributed by atoms with E-state index in [4.69, 9.17) is 5.73 Å². The molecule has 0 aliphatic rings. The van der Waals surface area contributed by atoms with Crippen molar-refractivity contribution in [3.63, 3.8) is 0 Å². The largest absolute Gasteiger partial charge is 0.391 e. The van der Waals surface area contributed by atoms with Gasteiger partial charge in [-0.3, -0.25) is 0 Å². The number of nitrogens with two attached hydrogens (primary N) is 1. The van der Waals surface area contributed by atoms with E-state index >= 15 is 0 Å². The lowest BCUT2D eigenvalue weighted by Crippen LogP contribution is -2.37. The summed E-state index contributed by atoms with van der Waals surface area (Å²) in [6.45, 7) is 6.56.